The molecule has 0 aliphatic carbocycles. The van der Waals surface area contributed by atoms with E-state index in [1.807, 2.05) is 48.5 Å². The minimum atomic E-state index is -1.10. The van der Waals surface area contributed by atoms with Crippen LogP contribution in [-0.2, 0) is 51.1 Å². The van der Waals surface area contributed by atoms with Crippen molar-refractivity contribution < 1.29 is 38.2 Å². The van der Waals surface area contributed by atoms with E-state index in [1.165, 1.54) is 28.1 Å². The number of amides is 4. The fourth-order valence-corrected chi connectivity index (χ4v) is 5.23. The summed E-state index contributed by atoms with van der Waals surface area (Å²) in [6.07, 6.45) is 0.0288. The van der Waals surface area contributed by atoms with Crippen LogP contribution in [0.5, 0.6) is 0 Å². The van der Waals surface area contributed by atoms with E-state index in [2.05, 4.69) is 31.2 Å². The molecule has 14 heteroatoms. The van der Waals surface area contributed by atoms with E-state index in [9.17, 15) is 28.8 Å². The molecule has 4 rings (SSSR count). The molecule has 4 aromatic rings. The molecule has 6 N–H and O–H groups in total. The lowest BCUT2D eigenvalue weighted by atomic mass is 9.96. The van der Waals surface area contributed by atoms with Gasteiger partial charge < -0.3 is 40.7 Å². The van der Waals surface area contributed by atoms with Crippen molar-refractivity contribution in [3.8, 4) is 11.4 Å². The van der Waals surface area contributed by atoms with Crippen molar-refractivity contribution in [1.29, 1.82) is 0 Å². The molecule has 242 valence electrons. The number of para-hydroxylation sites is 2. The first-order chi connectivity index (χ1) is 22.0. The number of carbonyl (C=O) groups is 6. The van der Waals surface area contributed by atoms with Gasteiger partial charge in [0.15, 0.2) is 0 Å². The molecule has 0 unspecified atom stereocenters. The molecule has 0 aliphatic rings. The Kier molecular flexibility index (Phi) is 10.8. The van der Waals surface area contributed by atoms with Crippen LogP contribution in [-0.4, -0.2) is 84.9 Å². The highest BCUT2D eigenvalue weighted by molar-refractivity contribution is 5.98. The number of hydrogen-bond donors (Lipinski definition) is 6. The van der Waals surface area contributed by atoms with E-state index in [0.29, 0.717) is 22.5 Å². The summed E-state index contributed by atoms with van der Waals surface area (Å²) in [6.45, 7) is 1.91. The third kappa shape index (κ3) is 7.88. The van der Waals surface area contributed by atoms with E-state index in [4.69, 9.17) is 9.47 Å². The number of aromatic nitrogens is 2. The Morgan fingerprint density at radius 2 is 1.00 bits per heavy atom. The van der Waals surface area contributed by atoms with Gasteiger partial charge in [-0.25, -0.2) is 9.59 Å². The van der Waals surface area contributed by atoms with Gasteiger partial charge in [-0.3, -0.25) is 19.2 Å². The Hall–Kier alpha value is -5.66. The normalized spacial score (nSPS) is 12.2. The number of nitrogens with one attached hydrogen (secondary N) is 6. The van der Waals surface area contributed by atoms with Crippen molar-refractivity contribution in [2.24, 2.45) is 0 Å². The van der Waals surface area contributed by atoms with Gasteiger partial charge in [-0.2, -0.15) is 0 Å². The maximum absolute atomic E-state index is 12.9. The molecule has 2 aromatic heterocycles. The van der Waals surface area contributed by atoms with Gasteiger partial charge >= 0.3 is 11.9 Å². The third-order valence-corrected chi connectivity index (χ3v) is 7.33. The monoisotopic (exact) mass is 632 g/mol. The number of carbonyl (C=O) groups excluding carboxylic acids is 6. The molecule has 0 bridgehead atoms. The molecule has 2 atom stereocenters. The number of hydrogen-bond acceptors (Lipinski definition) is 8. The number of benzene rings is 2. The van der Waals surface area contributed by atoms with E-state index in [1.54, 1.807) is 0 Å². The average molecular weight is 633 g/mol. The Morgan fingerprint density at radius 1 is 0.630 bits per heavy atom. The first-order valence-corrected chi connectivity index (χ1v) is 14.4. The zero-order valence-corrected chi connectivity index (χ0v) is 25.9. The van der Waals surface area contributed by atoms with Gasteiger partial charge in [0, 0.05) is 48.5 Å². The van der Waals surface area contributed by atoms with Crippen LogP contribution >= 0.6 is 0 Å². The van der Waals surface area contributed by atoms with Crippen molar-refractivity contribution in [3.05, 3.63) is 59.7 Å². The van der Waals surface area contributed by atoms with Crippen molar-refractivity contribution >= 4 is 57.4 Å². The molecular formula is C32H36N6O8. The number of fused-ring (bicyclic) bond motifs is 2. The van der Waals surface area contributed by atoms with Crippen molar-refractivity contribution in [1.82, 2.24) is 31.2 Å². The fourth-order valence-electron chi connectivity index (χ4n) is 5.23. The van der Waals surface area contributed by atoms with Crippen LogP contribution in [0.15, 0.2) is 48.5 Å². The van der Waals surface area contributed by atoms with Crippen LogP contribution in [0, 0.1) is 0 Å². The quantitative estimate of drug-likeness (QED) is 0.117. The van der Waals surface area contributed by atoms with E-state index < -0.39 is 47.7 Å². The summed E-state index contributed by atoms with van der Waals surface area (Å²) in [7, 11) is 2.43. The minimum absolute atomic E-state index is 0.0144. The SMILES string of the molecule is COC(=O)[C@H](Cc1c(-c2[nH]c3ccccc3c2C[C@H](NC(=O)CNC(C)=O)C(=O)OC)[nH]c2ccccc12)NC(=O)CNC(C)=O. The van der Waals surface area contributed by atoms with E-state index in [0.717, 1.165) is 21.8 Å². The smallest absolute Gasteiger partial charge is 0.328 e. The molecule has 0 saturated carbocycles. The van der Waals surface area contributed by atoms with Gasteiger partial charge in [0.1, 0.15) is 12.1 Å². The van der Waals surface area contributed by atoms with E-state index >= 15 is 0 Å². The van der Waals surface area contributed by atoms with Crippen molar-refractivity contribution in [2.45, 2.75) is 38.8 Å². The molecule has 2 aromatic carbocycles. The molecule has 46 heavy (non-hydrogen) atoms. The average Bonchev–Trinajstić information content (AvgIpc) is 3.59. The predicted octanol–water partition coefficient (Wildman–Crippen LogP) is 0.989. The summed E-state index contributed by atoms with van der Waals surface area (Å²) in [5.74, 6) is -3.31. The van der Waals surface area contributed by atoms with Gasteiger partial charge in [0.05, 0.1) is 38.7 Å². The van der Waals surface area contributed by atoms with E-state index in [-0.39, 0.29) is 25.9 Å². The van der Waals surface area contributed by atoms with Crippen molar-refractivity contribution in [3.63, 3.8) is 0 Å². The van der Waals surface area contributed by atoms with Crippen LogP contribution < -0.4 is 21.3 Å². The number of esters is 2. The molecular weight excluding hydrogens is 596 g/mol. The van der Waals surface area contributed by atoms with Gasteiger partial charge in [-0.15, -0.1) is 0 Å². The van der Waals surface area contributed by atoms with Gasteiger partial charge in [-0.1, -0.05) is 36.4 Å². The molecule has 2 heterocycles. The van der Waals surface area contributed by atoms with Crippen LogP contribution in [0.3, 0.4) is 0 Å². The summed E-state index contributed by atoms with van der Waals surface area (Å²) >= 11 is 0. The molecule has 4 amide bonds. The summed E-state index contributed by atoms with van der Waals surface area (Å²) in [5, 5.41) is 11.7. The number of aromatic amines is 2. The lowest BCUT2D eigenvalue weighted by molar-refractivity contribution is -0.145. The Balaban J connectivity index is 1.81. The van der Waals surface area contributed by atoms with Crippen molar-refractivity contribution in [2.75, 3.05) is 27.3 Å². The second-order valence-electron chi connectivity index (χ2n) is 10.6. The second-order valence-corrected chi connectivity index (χ2v) is 10.6. The molecule has 0 spiro atoms. The summed E-state index contributed by atoms with van der Waals surface area (Å²) in [5.41, 5.74) is 4.01. The molecule has 0 aliphatic heterocycles. The summed E-state index contributed by atoms with van der Waals surface area (Å²) in [6, 6.07) is 12.7. The zero-order valence-electron chi connectivity index (χ0n) is 25.9. The lowest BCUT2D eigenvalue weighted by Gasteiger charge is -2.19. The predicted molar refractivity (Wildman–Crippen MR) is 168 cm³/mol. The fraction of sp³-hybridized carbons (Fsp3) is 0.312. The largest absolute Gasteiger partial charge is 0.467 e. The number of ether oxygens (including phenoxy) is 2. The maximum Gasteiger partial charge on any atom is 0.328 e. The Morgan fingerprint density at radius 3 is 1.35 bits per heavy atom. The second kappa shape index (κ2) is 14.9. The third-order valence-electron chi connectivity index (χ3n) is 7.33. The first-order valence-electron chi connectivity index (χ1n) is 14.4. The topological polar surface area (TPSA) is 201 Å². The van der Waals surface area contributed by atoms with Crippen LogP contribution in [0.25, 0.3) is 33.2 Å². The Labute approximate surface area is 264 Å². The summed E-state index contributed by atoms with van der Waals surface area (Å²) < 4.78 is 10.0. The summed E-state index contributed by atoms with van der Waals surface area (Å²) in [4.78, 5) is 80.6. The molecule has 0 saturated heterocycles. The highest BCUT2D eigenvalue weighted by Crippen LogP contribution is 2.37. The minimum Gasteiger partial charge on any atom is -0.467 e. The number of H-pyrrole nitrogens is 2. The van der Waals surface area contributed by atoms with Gasteiger partial charge in [0.2, 0.25) is 23.6 Å². The number of rotatable bonds is 13. The van der Waals surface area contributed by atoms with Gasteiger partial charge in [0.25, 0.3) is 0 Å². The zero-order chi connectivity index (χ0) is 33.4. The molecule has 0 fully saturated rings. The van der Waals surface area contributed by atoms with Crippen LogP contribution in [0.4, 0.5) is 0 Å². The highest BCUT2D eigenvalue weighted by Gasteiger charge is 2.30. The molecule has 0 radical (unpaired) electrons. The first kappa shape index (κ1) is 33.2. The Bertz CT molecular complexity index is 1660. The maximum atomic E-state index is 12.9. The van der Waals surface area contributed by atoms with Gasteiger partial charge in [-0.05, 0) is 23.3 Å². The lowest BCUT2D eigenvalue weighted by Crippen LogP contribution is -2.47. The highest BCUT2D eigenvalue weighted by atomic mass is 16.5. The number of methoxy groups -OCH3 is 2. The standard InChI is InChI=1S/C32H36N6O8/c1-17(39)33-15-27(41)35-25(31(43)45-3)13-21-19-9-5-7-11-23(19)37-29(21)30-22(20-10-6-8-12-24(20)38-30)14-26(32(44)46-4)36-28(42)16-34-18(2)40/h5-12,25-26,37-38H,13-16H2,1-4H3,(H,33,39)(H,34,40)(H,35,41)(H,36,42)/t25-,26-/m0/s1. The van der Waals surface area contributed by atoms with Crippen LogP contribution in [0.2, 0.25) is 0 Å². The van der Waals surface area contributed by atoms with Crippen LogP contribution in [0.1, 0.15) is 25.0 Å². The molecule has 14 nitrogen and oxygen atoms in total.